The molecular weight excluding hydrogens is 317 g/mol. The molecule has 0 spiro atoms. The molecule has 2 N–H and O–H groups in total. The van der Waals surface area contributed by atoms with Crippen molar-refractivity contribution in [1.82, 2.24) is 0 Å². The van der Waals surface area contributed by atoms with Crippen LogP contribution in [-0.4, -0.2) is 17.0 Å². The molecule has 0 saturated heterocycles. The van der Waals surface area contributed by atoms with Crippen molar-refractivity contribution in [1.29, 1.82) is 0 Å². The zero-order valence-corrected chi connectivity index (χ0v) is 11.6. The highest BCUT2D eigenvalue weighted by atomic mass is 79.9. The Bertz CT molecular complexity index is 521. The Labute approximate surface area is 118 Å². The minimum absolute atomic E-state index is 0.256. The quantitative estimate of drug-likeness (QED) is 0.895. The fourth-order valence-corrected chi connectivity index (χ4v) is 2.76. The van der Waals surface area contributed by atoms with Crippen LogP contribution in [0.2, 0.25) is 0 Å². The third-order valence-corrected chi connectivity index (χ3v) is 3.96. The number of hydrogen-bond acceptors (Lipinski definition) is 2. The molecule has 1 aromatic rings. The van der Waals surface area contributed by atoms with Crippen molar-refractivity contribution < 1.29 is 19.1 Å². The summed E-state index contributed by atoms with van der Waals surface area (Å²) in [4.78, 5) is 23.1. The fourth-order valence-electron chi connectivity index (χ4n) is 2.38. The molecule has 4 nitrogen and oxygen atoms in total. The van der Waals surface area contributed by atoms with E-state index < -0.39 is 23.6 Å². The van der Waals surface area contributed by atoms with Crippen molar-refractivity contribution >= 4 is 33.5 Å². The molecule has 2 atom stereocenters. The first kappa shape index (κ1) is 14.0. The Morgan fingerprint density at radius 3 is 2.63 bits per heavy atom. The van der Waals surface area contributed by atoms with Gasteiger partial charge in [0.05, 0.1) is 16.3 Å². The summed E-state index contributed by atoms with van der Waals surface area (Å²) in [6, 6.07) is 4.14. The molecule has 1 fully saturated rings. The van der Waals surface area contributed by atoms with Crippen molar-refractivity contribution in [3.8, 4) is 0 Å². The Hall–Kier alpha value is -1.43. The minimum atomic E-state index is -0.932. The molecule has 0 bridgehead atoms. The Morgan fingerprint density at radius 2 is 2.00 bits per heavy atom. The maximum absolute atomic E-state index is 13.1. The first-order valence-corrected chi connectivity index (χ1v) is 6.77. The summed E-state index contributed by atoms with van der Waals surface area (Å²) >= 11 is 3.03. The Morgan fingerprint density at radius 1 is 1.32 bits per heavy atom. The number of carboxylic acid groups (broad SMARTS) is 1. The van der Waals surface area contributed by atoms with Crippen LogP contribution in [0.5, 0.6) is 0 Å². The summed E-state index contributed by atoms with van der Waals surface area (Å²) < 4.78 is 13.3. The number of carbonyl (C=O) groups excluding carboxylic acids is 1. The van der Waals surface area contributed by atoms with Crippen LogP contribution in [0.3, 0.4) is 0 Å². The molecular formula is C13H13BrFNO3. The van der Waals surface area contributed by atoms with Gasteiger partial charge >= 0.3 is 5.97 Å². The average molecular weight is 330 g/mol. The molecule has 19 heavy (non-hydrogen) atoms. The van der Waals surface area contributed by atoms with Gasteiger partial charge in [0.15, 0.2) is 0 Å². The summed E-state index contributed by atoms with van der Waals surface area (Å²) in [7, 11) is 0. The van der Waals surface area contributed by atoms with Crippen molar-refractivity contribution in [3.05, 3.63) is 28.5 Å². The number of rotatable bonds is 3. The molecule has 1 aromatic carbocycles. The number of anilines is 1. The van der Waals surface area contributed by atoms with Gasteiger partial charge in [0.2, 0.25) is 5.91 Å². The molecule has 0 heterocycles. The number of benzene rings is 1. The molecule has 0 unspecified atom stereocenters. The molecule has 2 rings (SSSR count). The number of carbonyl (C=O) groups is 2. The van der Waals surface area contributed by atoms with E-state index in [-0.39, 0.29) is 10.4 Å². The third-order valence-electron chi connectivity index (χ3n) is 3.36. The predicted octanol–water partition coefficient (Wildman–Crippen LogP) is 3.03. The van der Waals surface area contributed by atoms with Crippen molar-refractivity contribution in [2.24, 2.45) is 11.8 Å². The Balaban J connectivity index is 2.08. The first-order chi connectivity index (χ1) is 8.99. The lowest BCUT2D eigenvalue weighted by molar-refractivity contribution is -0.145. The topological polar surface area (TPSA) is 66.4 Å². The fraction of sp³-hybridized carbons (Fsp3) is 0.385. The van der Waals surface area contributed by atoms with Crippen LogP contribution in [0.4, 0.5) is 10.1 Å². The molecule has 1 aliphatic carbocycles. The van der Waals surface area contributed by atoms with E-state index in [2.05, 4.69) is 21.2 Å². The van der Waals surface area contributed by atoms with E-state index in [0.29, 0.717) is 18.5 Å². The molecule has 1 amide bonds. The summed E-state index contributed by atoms with van der Waals surface area (Å²) in [6.07, 6.45) is 1.84. The lowest BCUT2D eigenvalue weighted by Crippen LogP contribution is -2.29. The number of nitrogens with one attached hydrogen (secondary N) is 1. The van der Waals surface area contributed by atoms with E-state index in [0.717, 1.165) is 6.42 Å². The van der Waals surface area contributed by atoms with E-state index in [1.54, 1.807) is 0 Å². The van der Waals surface area contributed by atoms with Gasteiger partial charge in [-0.3, -0.25) is 9.59 Å². The number of aliphatic carboxylic acids is 1. The van der Waals surface area contributed by atoms with Crippen LogP contribution in [-0.2, 0) is 9.59 Å². The van der Waals surface area contributed by atoms with Crippen LogP contribution in [0.25, 0.3) is 0 Å². The summed E-state index contributed by atoms with van der Waals surface area (Å²) in [5, 5.41) is 11.7. The van der Waals surface area contributed by atoms with E-state index in [4.69, 9.17) is 5.11 Å². The third kappa shape index (κ3) is 3.12. The molecule has 0 aromatic heterocycles. The van der Waals surface area contributed by atoms with Crippen LogP contribution in [0.15, 0.2) is 22.7 Å². The van der Waals surface area contributed by atoms with Crippen molar-refractivity contribution in [2.45, 2.75) is 19.3 Å². The highest BCUT2D eigenvalue weighted by molar-refractivity contribution is 9.10. The molecule has 0 radical (unpaired) electrons. The van der Waals surface area contributed by atoms with Crippen molar-refractivity contribution in [2.75, 3.05) is 5.32 Å². The maximum Gasteiger partial charge on any atom is 0.307 e. The van der Waals surface area contributed by atoms with Gasteiger partial charge in [-0.25, -0.2) is 4.39 Å². The van der Waals surface area contributed by atoms with Gasteiger partial charge in [0.1, 0.15) is 5.82 Å². The van der Waals surface area contributed by atoms with Gasteiger partial charge in [0, 0.05) is 5.69 Å². The molecule has 6 heteroatoms. The van der Waals surface area contributed by atoms with Crippen LogP contribution < -0.4 is 5.32 Å². The second-order valence-corrected chi connectivity index (χ2v) is 5.45. The second-order valence-electron chi connectivity index (χ2n) is 4.60. The molecule has 1 saturated carbocycles. The zero-order valence-electron chi connectivity index (χ0n) is 10.0. The largest absolute Gasteiger partial charge is 0.481 e. The standard InChI is InChI=1S/C13H13BrFNO3/c14-10-6-7(4-5-11(10)15)16-12(17)8-2-1-3-9(8)13(18)19/h4-6,8-9H,1-3H2,(H,16,17)(H,18,19)/t8-,9+/m1/s1. The minimum Gasteiger partial charge on any atom is -0.481 e. The van der Waals surface area contributed by atoms with Gasteiger partial charge < -0.3 is 10.4 Å². The first-order valence-electron chi connectivity index (χ1n) is 5.98. The summed E-state index contributed by atoms with van der Waals surface area (Å²) in [5.74, 6) is -2.80. The lowest BCUT2D eigenvalue weighted by atomic mass is 9.95. The lowest BCUT2D eigenvalue weighted by Gasteiger charge is -2.15. The van der Waals surface area contributed by atoms with E-state index in [9.17, 15) is 14.0 Å². The monoisotopic (exact) mass is 329 g/mol. The second kappa shape index (κ2) is 5.69. The van der Waals surface area contributed by atoms with Crippen LogP contribution in [0.1, 0.15) is 19.3 Å². The summed E-state index contributed by atoms with van der Waals surface area (Å²) in [5.41, 5.74) is 0.453. The van der Waals surface area contributed by atoms with Gasteiger partial charge in [-0.1, -0.05) is 6.42 Å². The van der Waals surface area contributed by atoms with Gasteiger partial charge in [0.25, 0.3) is 0 Å². The maximum atomic E-state index is 13.1. The highest BCUT2D eigenvalue weighted by Crippen LogP contribution is 2.33. The SMILES string of the molecule is O=C(O)[C@H]1CCC[C@H]1C(=O)Nc1ccc(F)c(Br)c1. The van der Waals surface area contributed by atoms with E-state index >= 15 is 0 Å². The van der Waals surface area contributed by atoms with Gasteiger partial charge in [-0.15, -0.1) is 0 Å². The van der Waals surface area contributed by atoms with E-state index in [1.807, 2.05) is 0 Å². The predicted molar refractivity (Wildman–Crippen MR) is 71.2 cm³/mol. The molecule has 102 valence electrons. The number of carboxylic acids is 1. The smallest absolute Gasteiger partial charge is 0.307 e. The number of hydrogen-bond donors (Lipinski definition) is 2. The van der Waals surface area contributed by atoms with Gasteiger partial charge in [-0.2, -0.15) is 0 Å². The van der Waals surface area contributed by atoms with Crippen LogP contribution in [0, 0.1) is 17.7 Å². The average Bonchev–Trinajstić information content (AvgIpc) is 2.83. The Kier molecular flexibility index (Phi) is 4.19. The normalized spacial score (nSPS) is 22.2. The molecule has 0 aliphatic heterocycles. The highest BCUT2D eigenvalue weighted by Gasteiger charge is 2.37. The number of amides is 1. The van der Waals surface area contributed by atoms with Gasteiger partial charge in [-0.05, 0) is 47.0 Å². The molecule has 1 aliphatic rings. The van der Waals surface area contributed by atoms with E-state index in [1.165, 1.54) is 18.2 Å². The van der Waals surface area contributed by atoms with Crippen LogP contribution >= 0.6 is 15.9 Å². The summed E-state index contributed by atoms with van der Waals surface area (Å²) in [6.45, 7) is 0. The zero-order chi connectivity index (χ0) is 14.0. The van der Waals surface area contributed by atoms with Crippen molar-refractivity contribution in [3.63, 3.8) is 0 Å². The number of halogens is 2.